The molecule has 2 rings (SSSR count). The molecular weight excluding hydrogens is 291 g/mol. The van der Waals surface area contributed by atoms with E-state index in [1.165, 1.54) is 19.2 Å². The van der Waals surface area contributed by atoms with Gasteiger partial charge in [0.05, 0.1) is 18.6 Å². The van der Waals surface area contributed by atoms with E-state index in [-0.39, 0.29) is 17.3 Å². The van der Waals surface area contributed by atoms with Gasteiger partial charge in [0.1, 0.15) is 0 Å². The highest BCUT2D eigenvalue weighted by Gasteiger charge is 2.14. The van der Waals surface area contributed by atoms with Crippen molar-refractivity contribution < 1.29 is 17.5 Å². The smallest absolute Gasteiger partial charge is 0.165 e. The highest BCUT2D eigenvalue weighted by Crippen LogP contribution is 2.20. The molecular formula is C16H17FO3S. The van der Waals surface area contributed by atoms with E-state index in [1.54, 1.807) is 18.2 Å². The summed E-state index contributed by atoms with van der Waals surface area (Å²) < 4.78 is 42.7. The molecule has 112 valence electrons. The van der Waals surface area contributed by atoms with Gasteiger partial charge in [-0.2, -0.15) is 0 Å². The Morgan fingerprint density at radius 1 is 1.00 bits per heavy atom. The first-order valence-electron chi connectivity index (χ1n) is 6.48. The second-order valence-corrected chi connectivity index (χ2v) is 7.05. The van der Waals surface area contributed by atoms with Gasteiger partial charge >= 0.3 is 0 Å². The minimum absolute atomic E-state index is 0.0546. The molecule has 3 nitrogen and oxygen atoms in total. The highest BCUT2D eigenvalue weighted by atomic mass is 32.2. The van der Waals surface area contributed by atoms with Crippen molar-refractivity contribution in [3.05, 3.63) is 65.0 Å². The van der Waals surface area contributed by atoms with Gasteiger partial charge in [0.15, 0.2) is 21.4 Å². The first-order chi connectivity index (χ1) is 9.89. The van der Waals surface area contributed by atoms with Crippen LogP contribution in [-0.2, 0) is 21.3 Å². The number of sulfone groups is 1. The average molecular weight is 308 g/mol. The van der Waals surface area contributed by atoms with E-state index in [0.717, 1.165) is 11.1 Å². The van der Waals surface area contributed by atoms with Crippen molar-refractivity contribution >= 4 is 9.84 Å². The zero-order chi connectivity index (χ0) is 15.5. The van der Waals surface area contributed by atoms with Crippen LogP contribution in [0.25, 0.3) is 0 Å². The topological polar surface area (TPSA) is 43.4 Å². The number of hydrogen-bond donors (Lipinski definition) is 0. The monoisotopic (exact) mass is 308 g/mol. The van der Waals surface area contributed by atoms with Crippen LogP contribution in [0.1, 0.15) is 16.7 Å². The van der Waals surface area contributed by atoms with E-state index in [0.29, 0.717) is 5.56 Å². The molecule has 0 unspecified atom stereocenters. The van der Waals surface area contributed by atoms with Gasteiger partial charge in [0.25, 0.3) is 0 Å². The summed E-state index contributed by atoms with van der Waals surface area (Å²) in [7, 11) is -1.98. The van der Waals surface area contributed by atoms with Crippen LogP contribution in [0.2, 0.25) is 0 Å². The third-order valence-corrected chi connectivity index (χ3v) is 4.66. The number of benzene rings is 2. The summed E-state index contributed by atoms with van der Waals surface area (Å²) in [6.07, 6.45) is 0. The Bertz CT molecular complexity index is 722. The van der Waals surface area contributed by atoms with Crippen LogP contribution in [0, 0.1) is 12.7 Å². The lowest BCUT2D eigenvalue weighted by atomic mass is 10.2. The van der Waals surface area contributed by atoms with E-state index in [4.69, 9.17) is 4.74 Å². The van der Waals surface area contributed by atoms with E-state index >= 15 is 0 Å². The molecule has 0 radical (unpaired) electrons. The molecule has 0 saturated heterocycles. The summed E-state index contributed by atoms with van der Waals surface area (Å²) in [4.78, 5) is 0. The standard InChI is InChI=1S/C16H17FO3S/c1-12-3-5-13(6-4-12)10-21(18,19)11-14-7-8-16(20-2)15(17)9-14/h3-9H,10-11H2,1-2H3. The molecule has 0 spiro atoms. The summed E-state index contributed by atoms with van der Waals surface area (Å²) in [5, 5.41) is 0. The second kappa shape index (κ2) is 6.26. The van der Waals surface area contributed by atoms with Gasteiger partial charge in [0, 0.05) is 0 Å². The predicted molar refractivity (Wildman–Crippen MR) is 80.5 cm³/mol. The Morgan fingerprint density at radius 2 is 1.57 bits per heavy atom. The zero-order valence-corrected chi connectivity index (χ0v) is 12.8. The second-order valence-electron chi connectivity index (χ2n) is 4.99. The fourth-order valence-corrected chi connectivity index (χ4v) is 3.53. The SMILES string of the molecule is COc1ccc(CS(=O)(=O)Cc2ccc(C)cc2)cc1F. The number of methoxy groups -OCH3 is 1. The number of aryl methyl sites for hydroxylation is 1. The molecule has 0 aromatic heterocycles. The van der Waals surface area contributed by atoms with Crippen molar-refractivity contribution in [3.8, 4) is 5.75 Å². The maximum absolute atomic E-state index is 13.6. The number of rotatable bonds is 5. The largest absolute Gasteiger partial charge is 0.494 e. The van der Waals surface area contributed by atoms with Crippen LogP contribution in [0.3, 0.4) is 0 Å². The Kier molecular flexibility index (Phi) is 4.63. The Hall–Kier alpha value is -1.88. The predicted octanol–water partition coefficient (Wildman–Crippen LogP) is 3.26. The molecule has 2 aromatic carbocycles. The molecule has 0 aliphatic rings. The quantitative estimate of drug-likeness (QED) is 0.851. The van der Waals surface area contributed by atoms with E-state index in [9.17, 15) is 12.8 Å². The number of halogens is 1. The molecule has 5 heteroatoms. The van der Waals surface area contributed by atoms with Gasteiger partial charge in [-0.1, -0.05) is 35.9 Å². The van der Waals surface area contributed by atoms with E-state index in [1.807, 2.05) is 19.1 Å². The van der Waals surface area contributed by atoms with Gasteiger partial charge < -0.3 is 4.74 Å². The molecule has 0 aliphatic carbocycles. The zero-order valence-electron chi connectivity index (χ0n) is 12.0. The fraction of sp³-hybridized carbons (Fsp3) is 0.250. The van der Waals surface area contributed by atoms with Crippen LogP contribution in [0.15, 0.2) is 42.5 Å². The van der Waals surface area contributed by atoms with Crippen molar-refractivity contribution in [1.29, 1.82) is 0 Å². The van der Waals surface area contributed by atoms with Crippen molar-refractivity contribution in [2.24, 2.45) is 0 Å². The average Bonchev–Trinajstić information content (AvgIpc) is 2.41. The molecule has 0 heterocycles. The molecule has 0 atom stereocenters. The summed E-state index contributed by atoms with van der Waals surface area (Å²) in [6, 6.07) is 11.5. The summed E-state index contributed by atoms with van der Waals surface area (Å²) in [5.41, 5.74) is 2.23. The molecule has 0 saturated carbocycles. The van der Waals surface area contributed by atoms with Gasteiger partial charge in [-0.15, -0.1) is 0 Å². The Labute approximate surface area is 124 Å². The third kappa shape index (κ3) is 4.29. The van der Waals surface area contributed by atoms with Gasteiger partial charge in [-0.3, -0.25) is 0 Å². The molecule has 0 bridgehead atoms. The molecule has 0 N–H and O–H groups in total. The van der Waals surface area contributed by atoms with Gasteiger partial charge in [-0.25, -0.2) is 12.8 Å². The lowest BCUT2D eigenvalue weighted by molar-refractivity contribution is 0.386. The highest BCUT2D eigenvalue weighted by molar-refractivity contribution is 7.89. The summed E-state index contributed by atoms with van der Waals surface area (Å²) in [5.74, 6) is -0.696. The number of hydrogen-bond acceptors (Lipinski definition) is 3. The van der Waals surface area contributed by atoms with Crippen molar-refractivity contribution in [3.63, 3.8) is 0 Å². The molecule has 2 aromatic rings. The van der Waals surface area contributed by atoms with Crippen LogP contribution in [-0.4, -0.2) is 15.5 Å². The molecule has 0 aliphatic heterocycles. The fourth-order valence-electron chi connectivity index (χ4n) is 2.04. The lowest BCUT2D eigenvalue weighted by Gasteiger charge is -2.07. The maximum atomic E-state index is 13.6. The van der Waals surface area contributed by atoms with E-state index < -0.39 is 15.7 Å². The minimum Gasteiger partial charge on any atom is -0.494 e. The normalized spacial score (nSPS) is 11.4. The van der Waals surface area contributed by atoms with Crippen molar-refractivity contribution in [1.82, 2.24) is 0 Å². The first kappa shape index (κ1) is 15.5. The summed E-state index contributed by atoms with van der Waals surface area (Å²) in [6.45, 7) is 1.94. The molecule has 0 fully saturated rings. The van der Waals surface area contributed by atoms with Gasteiger partial charge in [0.2, 0.25) is 0 Å². The number of ether oxygens (including phenoxy) is 1. The van der Waals surface area contributed by atoms with Crippen molar-refractivity contribution in [2.75, 3.05) is 7.11 Å². The van der Waals surface area contributed by atoms with Crippen LogP contribution < -0.4 is 4.74 Å². The first-order valence-corrected chi connectivity index (χ1v) is 8.30. The van der Waals surface area contributed by atoms with Crippen LogP contribution in [0.4, 0.5) is 4.39 Å². The summed E-state index contributed by atoms with van der Waals surface area (Å²) >= 11 is 0. The Morgan fingerprint density at radius 3 is 2.14 bits per heavy atom. The molecule has 21 heavy (non-hydrogen) atoms. The Balaban J connectivity index is 2.13. The molecule has 0 amide bonds. The maximum Gasteiger partial charge on any atom is 0.165 e. The van der Waals surface area contributed by atoms with Crippen LogP contribution >= 0.6 is 0 Å². The van der Waals surface area contributed by atoms with Crippen molar-refractivity contribution in [2.45, 2.75) is 18.4 Å². The van der Waals surface area contributed by atoms with Gasteiger partial charge in [-0.05, 0) is 30.2 Å². The lowest BCUT2D eigenvalue weighted by Crippen LogP contribution is -2.08. The minimum atomic E-state index is -3.34. The van der Waals surface area contributed by atoms with Crippen LogP contribution in [0.5, 0.6) is 5.75 Å². The van der Waals surface area contributed by atoms with E-state index in [2.05, 4.69) is 0 Å². The third-order valence-electron chi connectivity index (χ3n) is 3.11.